The minimum atomic E-state index is -0.0282. The Bertz CT molecular complexity index is 923. The Morgan fingerprint density at radius 3 is 2.54 bits per heavy atom. The second-order valence-corrected chi connectivity index (χ2v) is 7.86. The van der Waals surface area contributed by atoms with E-state index in [4.69, 9.17) is 9.47 Å². The number of nitrogens with zero attached hydrogens (tertiary/aromatic N) is 1. The summed E-state index contributed by atoms with van der Waals surface area (Å²) in [5, 5.41) is 0. The van der Waals surface area contributed by atoms with Crippen LogP contribution in [0.25, 0.3) is 0 Å². The molecule has 0 bridgehead atoms. The van der Waals surface area contributed by atoms with Gasteiger partial charge in [-0.25, -0.2) is 0 Å². The molecule has 1 saturated heterocycles. The van der Waals surface area contributed by atoms with Crippen LogP contribution in [0.15, 0.2) is 41.2 Å². The van der Waals surface area contributed by atoms with Crippen molar-refractivity contribution >= 4 is 0 Å². The quantitative estimate of drug-likeness (QED) is 0.745. The van der Waals surface area contributed by atoms with Crippen LogP contribution in [-0.2, 0) is 11.3 Å². The van der Waals surface area contributed by atoms with Gasteiger partial charge in [-0.3, -0.25) is 4.79 Å². The van der Waals surface area contributed by atoms with E-state index in [0.29, 0.717) is 30.7 Å². The average Bonchev–Trinajstić information content (AvgIpc) is 3.54. The SMILES string of the molecule is Cc1cc(OCC2CCOCC2)cc(=O)n1Cc1ccc(C#CC2CC2)cc1. The van der Waals surface area contributed by atoms with Gasteiger partial charge in [0.25, 0.3) is 5.56 Å². The van der Waals surface area contributed by atoms with Gasteiger partial charge in [0.1, 0.15) is 5.75 Å². The Morgan fingerprint density at radius 2 is 1.86 bits per heavy atom. The fourth-order valence-corrected chi connectivity index (χ4v) is 3.40. The average molecular weight is 377 g/mol. The maximum Gasteiger partial charge on any atom is 0.254 e. The summed E-state index contributed by atoms with van der Waals surface area (Å²) in [6.45, 7) is 4.77. The first-order chi connectivity index (χ1) is 13.7. The Balaban J connectivity index is 1.40. The molecule has 1 saturated carbocycles. The lowest BCUT2D eigenvalue weighted by Gasteiger charge is -2.22. The maximum absolute atomic E-state index is 12.6. The summed E-state index contributed by atoms with van der Waals surface area (Å²) in [5.74, 6) is 8.28. The highest BCUT2D eigenvalue weighted by atomic mass is 16.5. The van der Waals surface area contributed by atoms with E-state index in [1.807, 2.05) is 25.1 Å². The molecule has 146 valence electrons. The maximum atomic E-state index is 12.6. The Labute approximate surface area is 166 Å². The number of rotatable bonds is 5. The van der Waals surface area contributed by atoms with Gasteiger partial charge in [0.15, 0.2) is 0 Å². The number of hydrogen-bond donors (Lipinski definition) is 0. The van der Waals surface area contributed by atoms with E-state index in [9.17, 15) is 4.79 Å². The summed E-state index contributed by atoms with van der Waals surface area (Å²) in [4.78, 5) is 12.6. The predicted octanol–water partition coefficient (Wildman–Crippen LogP) is 3.77. The van der Waals surface area contributed by atoms with Gasteiger partial charge in [0, 0.05) is 36.5 Å². The van der Waals surface area contributed by atoms with Gasteiger partial charge in [0.05, 0.1) is 13.2 Å². The minimum Gasteiger partial charge on any atom is -0.493 e. The normalized spacial score (nSPS) is 17.0. The third kappa shape index (κ3) is 5.05. The Kier molecular flexibility index (Phi) is 5.83. The molecule has 1 aliphatic heterocycles. The van der Waals surface area contributed by atoms with Crippen molar-refractivity contribution in [1.82, 2.24) is 4.57 Å². The highest BCUT2D eigenvalue weighted by Gasteiger charge is 2.17. The molecule has 28 heavy (non-hydrogen) atoms. The van der Waals surface area contributed by atoms with E-state index in [-0.39, 0.29) is 5.56 Å². The summed E-state index contributed by atoms with van der Waals surface area (Å²) in [7, 11) is 0. The van der Waals surface area contributed by atoms with E-state index in [0.717, 1.165) is 42.9 Å². The van der Waals surface area contributed by atoms with Crippen molar-refractivity contribution in [3.63, 3.8) is 0 Å². The summed E-state index contributed by atoms with van der Waals surface area (Å²) < 4.78 is 13.1. The molecule has 1 aromatic heterocycles. The standard InChI is InChI=1S/C24H27NO3/c1-18-14-23(28-17-22-10-12-27-13-11-22)15-24(26)25(18)16-21-8-6-20(7-9-21)5-4-19-2-3-19/h6-9,14-15,19,22H,2-3,10-13,16-17H2,1H3. The molecule has 4 nitrogen and oxygen atoms in total. The van der Waals surface area contributed by atoms with Crippen LogP contribution in [0.1, 0.15) is 42.5 Å². The second kappa shape index (κ2) is 8.67. The first-order valence-electron chi connectivity index (χ1n) is 10.2. The first kappa shape index (κ1) is 18.8. The molecule has 0 amide bonds. The Hall–Kier alpha value is -2.51. The summed E-state index contributed by atoms with van der Waals surface area (Å²) in [5.41, 5.74) is 3.02. The van der Waals surface area contributed by atoms with Gasteiger partial charge in [0.2, 0.25) is 0 Å². The van der Waals surface area contributed by atoms with E-state index >= 15 is 0 Å². The van der Waals surface area contributed by atoms with Gasteiger partial charge in [-0.2, -0.15) is 0 Å². The van der Waals surface area contributed by atoms with Crippen LogP contribution in [0.2, 0.25) is 0 Å². The smallest absolute Gasteiger partial charge is 0.254 e. The number of ether oxygens (including phenoxy) is 2. The highest BCUT2D eigenvalue weighted by Crippen LogP contribution is 2.27. The largest absolute Gasteiger partial charge is 0.493 e. The van der Waals surface area contributed by atoms with E-state index in [1.165, 1.54) is 12.8 Å². The van der Waals surface area contributed by atoms with Crippen LogP contribution in [0, 0.1) is 30.6 Å². The van der Waals surface area contributed by atoms with Crippen molar-refractivity contribution in [3.05, 3.63) is 63.6 Å². The van der Waals surface area contributed by atoms with Gasteiger partial charge < -0.3 is 14.0 Å². The molecule has 0 radical (unpaired) electrons. The molecule has 2 heterocycles. The highest BCUT2D eigenvalue weighted by molar-refractivity contribution is 5.37. The molecule has 1 aromatic carbocycles. The molecule has 4 heteroatoms. The van der Waals surface area contributed by atoms with Gasteiger partial charge in [-0.1, -0.05) is 24.0 Å². The van der Waals surface area contributed by atoms with Crippen molar-refractivity contribution in [2.75, 3.05) is 19.8 Å². The van der Waals surface area contributed by atoms with Gasteiger partial charge in [-0.05, 0) is 62.3 Å². The van der Waals surface area contributed by atoms with Crippen LogP contribution < -0.4 is 10.3 Å². The van der Waals surface area contributed by atoms with Crippen molar-refractivity contribution < 1.29 is 9.47 Å². The molecule has 0 N–H and O–H groups in total. The zero-order valence-electron chi connectivity index (χ0n) is 16.4. The molecule has 0 spiro atoms. The number of hydrogen-bond acceptors (Lipinski definition) is 3. The monoisotopic (exact) mass is 377 g/mol. The van der Waals surface area contributed by atoms with Crippen LogP contribution in [0.3, 0.4) is 0 Å². The van der Waals surface area contributed by atoms with Gasteiger partial charge >= 0.3 is 0 Å². The lowest BCUT2D eigenvalue weighted by atomic mass is 10.0. The number of benzene rings is 1. The Morgan fingerprint density at radius 1 is 1.11 bits per heavy atom. The van der Waals surface area contributed by atoms with E-state index < -0.39 is 0 Å². The van der Waals surface area contributed by atoms with Crippen molar-refractivity contribution in [2.24, 2.45) is 11.8 Å². The third-order valence-electron chi connectivity index (χ3n) is 5.43. The van der Waals surface area contributed by atoms with E-state index in [2.05, 4.69) is 24.0 Å². The van der Waals surface area contributed by atoms with Crippen LogP contribution in [-0.4, -0.2) is 24.4 Å². The number of pyridine rings is 1. The second-order valence-electron chi connectivity index (χ2n) is 7.86. The predicted molar refractivity (Wildman–Crippen MR) is 110 cm³/mol. The van der Waals surface area contributed by atoms with Crippen molar-refractivity contribution in [1.29, 1.82) is 0 Å². The molecule has 1 aliphatic carbocycles. The van der Waals surface area contributed by atoms with Crippen LogP contribution in [0.4, 0.5) is 0 Å². The summed E-state index contributed by atoms with van der Waals surface area (Å²) >= 11 is 0. The third-order valence-corrected chi connectivity index (χ3v) is 5.43. The van der Waals surface area contributed by atoms with Crippen LogP contribution in [0.5, 0.6) is 5.75 Å². The van der Waals surface area contributed by atoms with Crippen LogP contribution >= 0.6 is 0 Å². The summed E-state index contributed by atoms with van der Waals surface area (Å²) in [6.07, 6.45) is 4.53. The minimum absolute atomic E-state index is 0.0282. The number of aromatic nitrogens is 1. The van der Waals surface area contributed by atoms with Gasteiger partial charge in [-0.15, -0.1) is 0 Å². The fraction of sp³-hybridized carbons (Fsp3) is 0.458. The lowest BCUT2D eigenvalue weighted by Crippen LogP contribution is -2.24. The molecule has 2 aromatic rings. The lowest BCUT2D eigenvalue weighted by molar-refractivity contribution is 0.0497. The van der Waals surface area contributed by atoms with Crippen molar-refractivity contribution in [2.45, 2.75) is 39.2 Å². The van der Waals surface area contributed by atoms with Crippen molar-refractivity contribution in [3.8, 4) is 17.6 Å². The molecule has 2 fully saturated rings. The molecule has 0 atom stereocenters. The molecular formula is C24H27NO3. The summed E-state index contributed by atoms with van der Waals surface area (Å²) in [6, 6.07) is 11.7. The molecule has 2 aliphatic rings. The molecule has 4 rings (SSSR count). The molecular weight excluding hydrogens is 350 g/mol. The molecule has 0 unspecified atom stereocenters. The van der Waals surface area contributed by atoms with E-state index in [1.54, 1.807) is 10.6 Å². The zero-order chi connectivity index (χ0) is 19.3. The first-order valence-corrected chi connectivity index (χ1v) is 10.2. The topological polar surface area (TPSA) is 40.5 Å². The fourth-order valence-electron chi connectivity index (χ4n) is 3.40. The zero-order valence-corrected chi connectivity index (χ0v) is 16.4. The number of aryl methyl sites for hydroxylation is 1.